The average molecular weight is 340 g/mol. The van der Waals surface area contributed by atoms with Crippen molar-refractivity contribution in [3.05, 3.63) is 0 Å². The third kappa shape index (κ3) is 5.00. The highest BCUT2D eigenvalue weighted by atomic mass is 16.6. The van der Waals surface area contributed by atoms with E-state index in [4.69, 9.17) is 9.84 Å². The van der Waals surface area contributed by atoms with Gasteiger partial charge in [0.05, 0.1) is 13.2 Å². The first-order chi connectivity index (χ1) is 11.3. The zero-order chi connectivity index (χ0) is 17.7. The Morgan fingerprint density at radius 3 is 2.42 bits per heavy atom. The van der Waals surface area contributed by atoms with E-state index in [1.54, 1.807) is 0 Å². The number of aliphatic imine (C=N–C) groups is 1. The topological polar surface area (TPSA) is 86.2 Å². The minimum atomic E-state index is -0.458. The van der Waals surface area contributed by atoms with Gasteiger partial charge in [-0.25, -0.2) is 4.79 Å². The van der Waals surface area contributed by atoms with E-state index >= 15 is 0 Å². The number of guanidine groups is 1. The van der Waals surface area contributed by atoms with Gasteiger partial charge in [0.15, 0.2) is 5.96 Å². The number of amides is 1. The van der Waals surface area contributed by atoms with Crippen molar-refractivity contribution in [2.45, 2.75) is 77.1 Å². The van der Waals surface area contributed by atoms with Crippen molar-refractivity contribution in [1.29, 1.82) is 0 Å². The van der Waals surface area contributed by atoms with Gasteiger partial charge in [0.2, 0.25) is 0 Å². The van der Waals surface area contributed by atoms with Crippen LogP contribution in [-0.2, 0) is 4.74 Å². The molecule has 2 rings (SSSR count). The lowest BCUT2D eigenvalue weighted by Crippen LogP contribution is -2.55. The van der Waals surface area contributed by atoms with Gasteiger partial charge in [-0.3, -0.25) is 4.99 Å². The highest BCUT2D eigenvalue weighted by molar-refractivity contribution is 5.80. The Balaban J connectivity index is 1.95. The number of carbonyl (C=O) groups excluding carboxylic acids is 1. The lowest BCUT2D eigenvalue weighted by molar-refractivity contribution is 0.00545. The van der Waals surface area contributed by atoms with Crippen molar-refractivity contribution in [2.75, 3.05) is 19.7 Å². The molecule has 0 aliphatic carbocycles. The quantitative estimate of drug-likeness (QED) is 0.533. The van der Waals surface area contributed by atoms with Gasteiger partial charge in [-0.15, -0.1) is 0 Å². The average Bonchev–Trinajstić information content (AvgIpc) is 2.75. The fourth-order valence-electron chi connectivity index (χ4n) is 3.58. The summed E-state index contributed by atoms with van der Waals surface area (Å²) in [6, 6.07) is 0.756. The molecule has 0 aromatic heterocycles. The fourth-order valence-corrected chi connectivity index (χ4v) is 3.58. The van der Waals surface area contributed by atoms with Crippen LogP contribution in [0.25, 0.3) is 0 Å². The summed E-state index contributed by atoms with van der Waals surface area (Å²) < 4.78 is 5.57. The standard InChI is InChI=1S/C17H32N4O3/c1-5-18-15(19-8-9-22)20-12-10-13-6-7-14(11-12)21(13)16(23)24-17(2,3)4/h12-14,22H,5-11H2,1-4H3,(H2,18,19,20). The minimum Gasteiger partial charge on any atom is -0.444 e. The number of rotatable bonds is 4. The summed E-state index contributed by atoms with van der Waals surface area (Å²) in [6.45, 7) is 8.94. The molecule has 0 aromatic carbocycles. The number of nitrogens with zero attached hydrogens (tertiary/aromatic N) is 2. The summed E-state index contributed by atoms with van der Waals surface area (Å²) in [5, 5.41) is 15.6. The van der Waals surface area contributed by atoms with Crippen LogP contribution < -0.4 is 10.6 Å². The number of hydrogen-bond acceptors (Lipinski definition) is 4. The maximum absolute atomic E-state index is 12.5. The third-order valence-electron chi connectivity index (χ3n) is 4.39. The number of aliphatic hydroxyl groups excluding tert-OH is 1. The number of ether oxygens (including phenoxy) is 1. The van der Waals surface area contributed by atoms with Crippen LogP contribution in [0.5, 0.6) is 0 Å². The molecule has 2 atom stereocenters. The van der Waals surface area contributed by atoms with E-state index in [-0.39, 0.29) is 30.8 Å². The number of hydrogen-bond donors (Lipinski definition) is 3. The third-order valence-corrected chi connectivity index (χ3v) is 4.39. The van der Waals surface area contributed by atoms with Crippen LogP contribution in [0.2, 0.25) is 0 Å². The van der Waals surface area contributed by atoms with E-state index in [0.717, 1.165) is 38.2 Å². The Kier molecular flexibility index (Phi) is 6.32. The SMILES string of the molecule is CCNC(=NCCO)NC1CC2CCC(C1)N2C(=O)OC(C)(C)C. The second kappa shape index (κ2) is 8.05. The number of carbonyl (C=O) groups is 1. The zero-order valence-electron chi connectivity index (χ0n) is 15.3. The van der Waals surface area contributed by atoms with Crippen molar-refractivity contribution < 1.29 is 14.6 Å². The summed E-state index contributed by atoms with van der Waals surface area (Å²) >= 11 is 0. The van der Waals surface area contributed by atoms with E-state index in [0.29, 0.717) is 6.54 Å². The molecule has 2 fully saturated rings. The first-order valence-corrected chi connectivity index (χ1v) is 9.01. The largest absolute Gasteiger partial charge is 0.444 e. The number of aliphatic hydroxyl groups is 1. The molecular weight excluding hydrogens is 308 g/mol. The zero-order valence-corrected chi connectivity index (χ0v) is 15.3. The molecule has 2 bridgehead atoms. The molecule has 2 heterocycles. The van der Waals surface area contributed by atoms with Crippen molar-refractivity contribution in [2.24, 2.45) is 4.99 Å². The monoisotopic (exact) mass is 340 g/mol. The van der Waals surface area contributed by atoms with Crippen LogP contribution in [0.4, 0.5) is 4.79 Å². The van der Waals surface area contributed by atoms with E-state index in [1.807, 2.05) is 32.6 Å². The molecular formula is C17H32N4O3. The molecule has 0 aromatic rings. The molecule has 1 amide bonds. The maximum Gasteiger partial charge on any atom is 0.410 e. The Morgan fingerprint density at radius 1 is 1.29 bits per heavy atom. The van der Waals surface area contributed by atoms with Crippen LogP contribution in [0, 0.1) is 0 Å². The lowest BCUT2D eigenvalue weighted by atomic mass is 9.98. The molecule has 3 N–H and O–H groups in total. The molecule has 2 aliphatic heterocycles. The summed E-state index contributed by atoms with van der Waals surface area (Å²) in [7, 11) is 0. The van der Waals surface area contributed by atoms with Crippen LogP contribution in [0.3, 0.4) is 0 Å². The van der Waals surface area contributed by atoms with Gasteiger partial charge < -0.3 is 25.4 Å². The molecule has 0 spiro atoms. The fraction of sp³-hybridized carbons (Fsp3) is 0.882. The van der Waals surface area contributed by atoms with Crippen molar-refractivity contribution in [3.8, 4) is 0 Å². The Morgan fingerprint density at radius 2 is 1.92 bits per heavy atom. The molecule has 138 valence electrons. The highest BCUT2D eigenvalue weighted by Crippen LogP contribution is 2.36. The number of nitrogens with one attached hydrogen (secondary N) is 2. The molecule has 2 aliphatic rings. The van der Waals surface area contributed by atoms with E-state index in [9.17, 15) is 4.79 Å². The van der Waals surface area contributed by atoms with Gasteiger partial charge in [-0.1, -0.05) is 0 Å². The van der Waals surface area contributed by atoms with Gasteiger partial charge in [-0.2, -0.15) is 0 Å². The molecule has 24 heavy (non-hydrogen) atoms. The van der Waals surface area contributed by atoms with E-state index in [1.165, 1.54) is 0 Å². The first-order valence-electron chi connectivity index (χ1n) is 9.01. The van der Waals surface area contributed by atoms with Crippen molar-refractivity contribution in [1.82, 2.24) is 15.5 Å². The molecule has 7 heteroatoms. The summed E-state index contributed by atoms with van der Waals surface area (Å²) in [4.78, 5) is 18.8. The van der Waals surface area contributed by atoms with Gasteiger partial charge in [0, 0.05) is 24.7 Å². The molecule has 7 nitrogen and oxygen atoms in total. The normalized spacial score (nSPS) is 27.1. The summed E-state index contributed by atoms with van der Waals surface area (Å²) in [6.07, 6.45) is 3.69. The minimum absolute atomic E-state index is 0.0406. The van der Waals surface area contributed by atoms with Gasteiger partial charge >= 0.3 is 6.09 Å². The Hall–Kier alpha value is -1.50. The summed E-state index contributed by atoms with van der Waals surface area (Å²) in [5.41, 5.74) is -0.458. The second-order valence-corrected chi connectivity index (χ2v) is 7.57. The Labute approximate surface area is 144 Å². The second-order valence-electron chi connectivity index (χ2n) is 7.57. The predicted octanol–water partition coefficient (Wildman–Crippen LogP) is 1.46. The number of piperidine rings is 1. The molecule has 0 radical (unpaired) electrons. The van der Waals surface area contributed by atoms with Gasteiger partial charge in [0.1, 0.15) is 5.60 Å². The van der Waals surface area contributed by atoms with Crippen molar-refractivity contribution in [3.63, 3.8) is 0 Å². The van der Waals surface area contributed by atoms with E-state index in [2.05, 4.69) is 15.6 Å². The predicted molar refractivity (Wildman–Crippen MR) is 94.1 cm³/mol. The maximum atomic E-state index is 12.5. The van der Waals surface area contributed by atoms with Gasteiger partial charge in [-0.05, 0) is 53.4 Å². The lowest BCUT2D eigenvalue weighted by Gasteiger charge is -2.40. The molecule has 0 saturated carbocycles. The molecule has 2 saturated heterocycles. The van der Waals surface area contributed by atoms with E-state index < -0.39 is 5.60 Å². The first kappa shape index (κ1) is 18.8. The highest BCUT2D eigenvalue weighted by Gasteiger charge is 2.44. The van der Waals surface area contributed by atoms with Crippen LogP contribution in [0.15, 0.2) is 4.99 Å². The van der Waals surface area contributed by atoms with Crippen LogP contribution in [-0.4, -0.2) is 65.5 Å². The van der Waals surface area contributed by atoms with Crippen LogP contribution >= 0.6 is 0 Å². The summed E-state index contributed by atoms with van der Waals surface area (Å²) in [5.74, 6) is 0.738. The van der Waals surface area contributed by atoms with Gasteiger partial charge in [0.25, 0.3) is 0 Å². The molecule has 2 unspecified atom stereocenters. The smallest absolute Gasteiger partial charge is 0.410 e. The number of fused-ring (bicyclic) bond motifs is 2. The Bertz CT molecular complexity index is 447. The van der Waals surface area contributed by atoms with Crippen molar-refractivity contribution >= 4 is 12.1 Å². The van der Waals surface area contributed by atoms with Crippen LogP contribution in [0.1, 0.15) is 53.4 Å².